The van der Waals surface area contributed by atoms with Crippen molar-refractivity contribution in [3.05, 3.63) is 235 Å². The molecule has 4 aromatic heterocycles. The van der Waals surface area contributed by atoms with Crippen LogP contribution in [0, 0.1) is 17.9 Å². The van der Waals surface area contributed by atoms with Crippen molar-refractivity contribution in [1.29, 1.82) is 5.26 Å². The first-order valence-electron chi connectivity index (χ1n) is 21.8. The number of para-hydroxylation sites is 2. The van der Waals surface area contributed by atoms with Gasteiger partial charge in [0.05, 0.1) is 74.4 Å². The molecule has 0 aliphatic carbocycles. The van der Waals surface area contributed by atoms with Gasteiger partial charge < -0.3 is 9.13 Å². The Hall–Kier alpha value is -9.36. The molecule has 12 aromatic rings. The molecule has 0 radical (unpaired) electrons. The summed E-state index contributed by atoms with van der Waals surface area (Å²) in [7, 11) is 0. The van der Waals surface area contributed by atoms with E-state index in [0.717, 1.165) is 111 Å². The van der Waals surface area contributed by atoms with Gasteiger partial charge in [0.25, 0.3) is 0 Å². The summed E-state index contributed by atoms with van der Waals surface area (Å²) in [6.07, 6.45) is 0. The lowest BCUT2D eigenvalue weighted by Crippen LogP contribution is -2.05. The topological polar surface area (TPSA) is 63.8 Å². The molecule has 0 fully saturated rings. The van der Waals surface area contributed by atoms with Crippen LogP contribution in [0.2, 0.25) is 0 Å². The molecule has 0 saturated carbocycles. The van der Waals surface area contributed by atoms with Crippen LogP contribution in [0.15, 0.2) is 218 Å². The first-order valence-corrected chi connectivity index (χ1v) is 21.8. The van der Waals surface area contributed by atoms with Crippen LogP contribution >= 0.6 is 0 Å². The van der Waals surface area contributed by atoms with Crippen molar-refractivity contribution >= 4 is 49.3 Å². The van der Waals surface area contributed by atoms with Crippen LogP contribution in [-0.2, 0) is 0 Å². The van der Waals surface area contributed by atoms with Gasteiger partial charge in [-0.25, -0.2) is 14.8 Å². The van der Waals surface area contributed by atoms with Gasteiger partial charge in [0.1, 0.15) is 0 Å². The standard InChI is InChI=1S/C60H36N6/c1-62-45-20-12-19-41(33-45)48-37-60(66-56-28-11-9-22-47(56)50-35-43(30-32-58(50)66)54-26-14-24-52(64-54)40-17-6-3-7-18-40)59(36-44(48)38-61)65-55-27-10-8-21-46(55)49-34-42(29-31-57(49)65)53-25-13-23-51(63-53)39-15-4-2-5-16-39/h2-37H. The Morgan fingerprint density at radius 1 is 0.379 bits per heavy atom. The van der Waals surface area contributed by atoms with Gasteiger partial charge in [0.15, 0.2) is 5.69 Å². The third-order valence-electron chi connectivity index (χ3n) is 12.6. The van der Waals surface area contributed by atoms with Crippen LogP contribution in [0.4, 0.5) is 5.69 Å². The molecule has 12 rings (SSSR count). The molecule has 0 spiro atoms. The summed E-state index contributed by atoms with van der Waals surface area (Å²) in [5.74, 6) is 0. The van der Waals surface area contributed by atoms with E-state index >= 15 is 0 Å². The van der Waals surface area contributed by atoms with E-state index in [4.69, 9.17) is 16.5 Å². The molecule has 0 aliphatic heterocycles. The summed E-state index contributed by atoms with van der Waals surface area (Å²) < 4.78 is 4.63. The Labute approximate surface area is 381 Å². The number of rotatable bonds is 7. The van der Waals surface area contributed by atoms with Crippen LogP contribution in [0.25, 0.3) is 116 Å². The number of hydrogen-bond donors (Lipinski definition) is 0. The summed E-state index contributed by atoms with van der Waals surface area (Å²) in [5.41, 5.74) is 16.1. The van der Waals surface area contributed by atoms with Crippen molar-refractivity contribution in [2.24, 2.45) is 0 Å². The molecule has 0 bridgehead atoms. The lowest BCUT2D eigenvalue weighted by atomic mass is 9.97. The Kier molecular flexibility index (Phi) is 9.16. The van der Waals surface area contributed by atoms with Gasteiger partial charge in [0.2, 0.25) is 0 Å². The van der Waals surface area contributed by atoms with E-state index in [2.05, 4.69) is 172 Å². The van der Waals surface area contributed by atoms with Gasteiger partial charge in [-0.1, -0.05) is 140 Å². The van der Waals surface area contributed by atoms with Crippen LogP contribution < -0.4 is 0 Å². The molecule has 0 amide bonds. The maximum atomic E-state index is 11.0. The maximum Gasteiger partial charge on any atom is 0.187 e. The smallest absolute Gasteiger partial charge is 0.187 e. The second kappa shape index (κ2) is 15.8. The van der Waals surface area contributed by atoms with Crippen LogP contribution in [0.1, 0.15) is 5.56 Å². The zero-order valence-electron chi connectivity index (χ0n) is 35.5. The van der Waals surface area contributed by atoms with Crippen molar-refractivity contribution in [2.45, 2.75) is 0 Å². The van der Waals surface area contributed by atoms with Crippen molar-refractivity contribution in [1.82, 2.24) is 19.1 Å². The first-order chi connectivity index (χ1) is 32.6. The highest BCUT2D eigenvalue weighted by Crippen LogP contribution is 2.43. The molecule has 0 aliphatic rings. The lowest BCUT2D eigenvalue weighted by molar-refractivity contribution is 1.09. The number of benzene rings is 8. The second-order valence-corrected chi connectivity index (χ2v) is 16.4. The van der Waals surface area contributed by atoms with E-state index in [0.29, 0.717) is 11.3 Å². The fraction of sp³-hybridized carbons (Fsp3) is 0. The first kappa shape index (κ1) is 38.3. The molecule has 306 valence electrons. The van der Waals surface area contributed by atoms with Crippen molar-refractivity contribution < 1.29 is 0 Å². The van der Waals surface area contributed by atoms with E-state index < -0.39 is 0 Å². The number of nitrogens with zero attached hydrogens (tertiary/aromatic N) is 6. The molecule has 0 atom stereocenters. The van der Waals surface area contributed by atoms with Crippen molar-refractivity contribution in [2.75, 3.05) is 0 Å². The largest absolute Gasteiger partial charge is 0.307 e. The van der Waals surface area contributed by atoms with Crippen molar-refractivity contribution in [3.8, 4) is 73.6 Å². The molecule has 66 heavy (non-hydrogen) atoms. The van der Waals surface area contributed by atoms with Crippen molar-refractivity contribution in [3.63, 3.8) is 0 Å². The maximum absolute atomic E-state index is 11.0. The van der Waals surface area contributed by atoms with Gasteiger partial charge in [-0.3, -0.25) is 0 Å². The molecule has 6 heteroatoms. The molecule has 0 saturated heterocycles. The third-order valence-corrected chi connectivity index (χ3v) is 12.6. The fourth-order valence-electron chi connectivity index (χ4n) is 9.52. The SMILES string of the molecule is [C-]#[N+]c1cccc(-c2cc(-n3c4ccccc4c4cc(-c5cccc(-c6ccccc6)n5)ccc43)c(-n3c4ccccc4c4cc(-c5cccc(-c6ccccc6)n5)ccc43)cc2C#N)c1. The van der Waals surface area contributed by atoms with Crippen LogP contribution in [0.5, 0.6) is 0 Å². The highest BCUT2D eigenvalue weighted by atomic mass is 15.1. The Morgan fingerprint density at radius 3 is 1.33 bits per heavy atom. The molecule has 4 heterocycles. The summed E-state index contributed by atoms with van der Waals surface area (Å²) in [4.78, 5) is 14.0. The number of aromatic nitrogens is 4. The Bertz CT molecular complexity index is 3960. The fourth-order valence-corrected chi connectivity index (χ4v) is 9.52. The molecule has 6 nitrogen and oxygen atoms in total. The number of pyridine rings is 2. The second-order valence-electron chi connectivity index (χ2n) is 16.4. The minimum Gasteiger partial charge on any atom is -0.307 e. The number of fused-ring (bicyclic) bond motifs is 6. The average Bonchev–Trinajstić information content (AvgIpc) is 3.91. The minimum absolute atomic E-state index is 0.507. The predicted molar refractivity (Wildman–Crippen MR) is 269 cm³/mol. The van der Waals surface area contributed by atoms with Gasteiger partial charge in [0, 0.05) is 49.4 Å². The van der Waals surface area contributed by atoms with E-state index in [1.54, 1.807) is 6.07 Å². The molecule has 8 aromatic carbocycles. The van der Waals surface area contributed by atoms with E-state index in [1.165, 1.54) is 0 Å². The van der Waals surface area contributed by atoms with Gasteiger partial charge in [-0.05, 0) is 84.4 Å². The normalized spacial score (nSPS) is 11.3. The number of hydrogen-bond acceptors (Lipinski definition) is 3. The third kappa shape index (κ3) is 6.41. The number of nitriles is 1. The lowest BCUT2D eigenvalue weighted by Gasteiger charge is -2.19. The summed E-state index contributed by atoms with van der Waals surface area (Å²) in [6, 6.07) is 77.3. The summed E-state index contributed by atoms with van der Waals surface area (Å²) in [5, 5.41) is 15.3. The van der Waals surface area contributed by atoms with Gasteiger partial charge in [-0.2, -0.15) is 5.26 Å². The zero-order chi connectivity index (χ0) is 44.1. The Balaban J connectivity index is 1.11. The van der Waals surface area contributed by atoms with Crippen LogP contribution in [0.3, 0.4) is 0 Å². The highest BCUT2D eigenvalue weighted by Gasteiger charge is 2.23. The van der Waals surface area contributed by atoms with Crippen LogP contribution in [-0.4, -0.2) is 19.1 Å². The van der Waals surface area contributed by atoms with Gasteiger partial charge >= 0.3 is 0 Å². The van der Waals surface area contributed by atoms with Gasteiger partial charge in [-0.15, -0.1) is 0 Å². The predicted octanol–water partition coefficient (Wildman–Crippen LogP) is 15.4. The summed E-state index contributed by atoms with van der Waals surface area (Å²) in [6.45, 7) is 7.82. The quantitative estimate of drug-likeness (QED) is 0.150. The zero-order valence-corrected chi connectivity index (χ0v) is 35.5. The molecule has 0 N–H and O–H groups in total. The minimum atomic E-state index is 0.507. The highest BCUT2D eigenvalue weighted by molar-refractivity contribution is 6.13. The molecule has 0 unspecified atom stereocenters. The Morgan fingerprint density at radius 2 is 0.818 bits per heavy atom. The summed E-state index contributed by atoms with van der Waals surface area (Å²) >= 11 is 0. The van der Waals surface area contributed by atoms with E-state index in [-0.39, 0.29) is 0 Å². The monoisotopic (exact) mass is 840 g/mol. The average molecular weight is 841 g/mol. The molecular weight excluding hydrogens is 805 g/mol. The molecular formula is C60H36N6. The van der Waals surface area contributed by atoms with E-state index in [9.17, 15) is 5.26 Å². The van der Waals surface area contributed by atoms with E-state index in [1.807, 2.05) is 60.7 Å².